The summed E-state index contributed by atoms with van der Waals surface area (Å²) in [4.78, 5) is 50.2. The van der Waals surface area contributed by atoms with E-state index in [4.69, 9.17) is 21.1 Å². The molecular formula is C22H19ClN2O7. The molecule has 0 aliphatic carbocycles. The Labute approximate surface area is 188 Å². The van der Waals surface area contributed by atoms with E-state index in [1.54, 1.807) is 13.0 Å². The van der Waals surface area contributed by atoms with Crippen LogP contribution in [0.1, 0.15) is 22.8 Å². The van der Waals surface area contributed by atoms with Crippen LogP contribution >= 0.6 is 11.6 Å². The summed E-state index contributed by atoms with van der Waals surface area (Å²) in [7, 11) is 2.68. The van der Waals surface area contributed by atoms with Crippen molar-refractivity contribution in [3.63, 3.8) is 0 Å². The predicted molar refractivity (Wildman–Crippen MR) is 116 cm³/mol. The van der Waals surface area contributed by atoms with Gasteiger partial charge < -0.3 is 14.2 Å². The number of carbonyl (C=O) groups is 4. The molecule has 4 amide bonds. The fraction of sp³-hybridized carbons (Fsp3) is 0.182. The summed E-state index contributed by atoms with van der Waals surface area (Å²) in [5.41, 5.74) is 0.518. The van der Waals surface area contributed by atoms with Gasteiger partial charge >= 0.3 is 12.0 Å². The highest BCUT2D eigenvalue weighted by atomic mass is 35.5. The zero-order valence-electron chi connectivity index (χ0n) is 17.4. The summed E-state index contributed by atoms with van der Waals surface area (Å²) in [6, 6.07) is 7.75. The van der Waals surface area contributed by atoms with Gasteiger partial charge in [-0.25, -0.2) is 14.5 Å². The maximum atomic E-state index is 13.0. The summed E-state index contributed by atoms with van der Waals surface area (Å²) in [6.07, 6.45) is 1.30. The van der Waals surface area contributed by atoms with Crippen LogP contribution in [-0.4, -0.2) is 44.6 Å². The van der Waals surface area contributed by atoms with Crippen LogP contribution in [0.5, 0.6) is 11.5 Å². The number of imide groups is 2. The number of carbonyl (C=O) groups excluding carboxylic acids is 4. The second-order valence-corrected chi connectivity index (χ2v) is 6.87. The molecule has 2 aromatic rings. The largest absolute Gasteiger partial charge is 0.491 e. The highest BCUT2D eigenvalue weighted by molar-refractivity contribution is 6.39. The topological polar surface area (TPSA) is 111 Å². The number of halogens is 1. The number of nitrogens with one attached hydrogen (secondary N) is 1. The quantitative estimate of drug-likeness (QED) is 0.402. The van der Waals surface area contributed by atoms with Gasteiger partial charge in [-0.05, 0) is 55.0 Å². The van der Waals surface area contributed by atoms with Crippen molar-refractivity contribution in [3.05, 3.63) is 58.1 Å². The Bertz CT molecular complexity index is 1130. The molecule has 166 valence electrons. The van der Waals surface area contributed by atoms with Gasteiger partial charge in [-0.3, -0.25) is 14.9 Å². The normalized spacial score (nSPS) is 14.9. The lowest BCUT2D eigenvalue weighted by Crippen LogP contribution is -2.54. The van der Waals surface area contributed by atoms with Crippen molar-refractivity contribution in [3.8, 4) is 11.5 Å². The summed E-state index contributed by atoms with van der Waals surface area (Å²) >= 11 is 6.24. The van der Waals surface area contributed by atoms with Crippen molar-refractivity contribution in [2.24, 2.45) is 0 Å². The van der Waals surface area contributed by atoms with Crippen LogP contribution in [0.4, 0.5) is 10.5 Å². The zero-order valence-corrected chi connectivity index (χ0v) is 18.2. The third-order valence-corrected chi connectivity index (χ3v) is 4.78. The number of anilines is 1. The first-order chi connectivity index (χ1) is 15.3. The van der Waals surface area contributed by atoms with Gasteiger partial charge in [0.15, 0.2) is 11.5 Å². The molecule has 0 spiro atoms. The fourth-order valence-corrected chi connectivity index (χ4v) is 3.35. The fourth-order valence-electron chi connectivity index (χ4n) is 3.06. The van der Waals surface area contributed by atoms with Gasteiger partial charge in [0.1, 0.15) is 5.57 Å². The van der Waals surface area contributed by atoms with Crippen LogP contribution in [0.15, 0.2) is 42.0 Å². The van der Waals surface area contributed by atoms with Gasteiger partial charge in [0.2, 0.25) is 0 Å². The number of ether oxygens (including phenoxy) is 3. The molecule has 1 aliphatic heterocycles. The SMILES string of the molecule is CCOc1cc(/C=C2\C(=O)NC(=O)N(c3ccc(C(=O)OC)cc3)C2=O)cc(Cl)c1OC. The van der Waals surface area contributed by atoms with Crippen LogP contribution in [-0.2, 0) is 14.3 Å². The zero-order chi connectivity index (χ0) is 23.4. The van der Waals surface area contributed by atoms with Crippen molar-refractivity contribution in [1.82, 2.24) is 5.32 Å². The summed E-state index contributed by atoms with van der Waals surface area (Å²) in [5, 5.41) is 2.35. The van der Waals surface area contributed by atoms with Gasteiger partial charge in [-0.1, -0.05) is 11.6 Å². The van der Waals surface area contributed by atoms with Gasteiger partial charge in [-0.15, -0.1) is 0 Å². The van der Waals surface area contributed by atoms with E-state index in [0.29, 0.717) is 23.7 Å². The Balaban J connectivity index is 2.00. The maximum Gasteiger partial charge on any atom is 0.337 e. The number of benzene rings is 2. The first-order valence-corrected chi connectivity index (χ1v) is 9.78. The number of methoxy groups -OCH3 is 2. The van der Waals surface area contributed by atoms with Gasteiger partial charge in [-0.2, -0.15) is 0 Å². The number of barbiturate groups is 1. The van der Waals surface area contributed by atoms with Gasteiger partial charge in [0, 0.05) is 0 Å². The minimum atomic E-state index is -0.911. The summed E-state index contributed by atoms with van der Waals surface area (Å²) < 4.78 is 15.4. The number of hydrogen-bond acceptors (Lipinski definition) is 7. The molecule has 0 aromatic heterocycles. The van der Waals surface area contributed by atoms with E-state index in [1.165, 1.54) is 50.6 Å². The van der Waals surface area contributed by atoms with Crippen LogP contribution in [0.3, 0.4) is 0 Å². The third kappa shape index (κ3) is 4.42. The summed E-state index contributed by atoms with van der Waals surface area (Å²) in [5.74, 6) is -1.60. The van der Waals surface area contributed by atoms with Crippen molar-refractivity contribution >= 4 is 47.2 Å². The molecule has 0 atom stereocenters. The second kappa shape index (κ2) is 9.52. The lowest BCUT2D eigenvalue weighted by atomic mass is 10.1. The van der Waals surface area contributed by atoms with E-state index in [0.717, 1.165) is 4.90 Å². The molecular weight excluding hydrogens is 440 g/mol. The predicted octanol–water partition coefficient (Wildman–Crippen LogP) is 3.20. The molecule has 1 N–H and O–H groups in total. The van der Waals surface area contributed by atoms with Crippen LogP contribution < -0.4 is 19.7 Å². The van der Waals surface area contributed by atoms with E-state index >= 15 is 0 Å². The number of hydrogen-bond donors (Lipinski definition) is 1. The smallest absolute Gasteiger partial charge is 0.337 e. The van der Waals surface area contributed by atoms with Crippen molar-refractivity contribution in [2.75, 3.05) is 25.7 Å². The van der Waals surface area contributed by atoms with Crippen LogP contribution in [0.25, 0.3) is 6.08 Å². The Morgan fingerprint density at radius 2 is 1.81 bits per heavy atom. The molecule has 1 saturated heterocycles. The average Bonchev–Trinajstić information content (AvgIpc) is 2.76. The Kier molecular flexibility index (Phi) is 6.79. The number of nitrogens with zero attached hydrogens (tertiary/aromatic N) is 1. The van der Waals surface area contributed by atoms with E-state index in [2.05, 4.69) is 10.1 Å². The molecule has 0 radical (unpaired) electrons. The molecule has 0 bridgehead atoms. The number of urea groups is 1. The maximum absolute atomic E-state index is 13.0. The molecule has 1 fully saturated rings. The number of esters is 1. The first kappa shape index (κ1) is 22.8. The van der Waals surface area contributed by atoms with Crippen molar-refractivity contribution in [2.45, 2.75) is 6.92 Å². The monoisotopic (exact) mass is 458 g/mol. The lowest BCUT2D eigenvalue weighted by Gasteiger charge is -2.26. The van der Waals surface area contributed by atoms with E-state index < -0.39 is 23.8 Å². The van der Waals surface area contributed by atoms with Crippen LogP contribution in [0, 0.1) is 0 Å². The second-order valence-electron chi connectivity index (χ2n) is 6.46. The minimum Gasteiger partial charge on any atom is -0.491 e. The highest BCUT2D eigenvalue weighted by Gasteiger charge is 2.37. The molecule has 3 rings (SSSR count). The molecule has 9 nitrogen and oxygen atoms in total. The molecule has 0 saturated carbocycles. The van der Waals surface area contributed by atoms with E-state index in [1.807, 2.05) is 0 Å². The van der Waals surface area contributed by atoms with E-state index in [9.17, 15) is 19.2 Å². The Morgan fingerprint density at radius 3 is 2.41 bits per heavy atom. The Morgan fingerprint density at radius 1 is 1.12 bits per heavy atom. The molecule has 32 heavy (non-hydrogen) atoms. The van der Waals surface area contributed by atoms with Crippen molar-refractivity contribution in [1.29, 1.82) is 0 Å². The average molecular weight is 459 g/mol. The first-order valence-electron chi connectivity index (χ1n) is 9.40. The molecule has 1 aliphatic rings. The standard InChI is InChI=1S/C22H19ClN2O7/c1-4-32-17-11-12(10-16(23)18(17)30-2)9-15-19(26)24-22(29)25(20(15)27)14-7-5-13(6-8-14)21(28)31-3/h5-11H,4H2,1-3H3,(H,24,26,29)/b15-9+. The third-order valence-electron chi connectivity index (χ3n) is 4.50. The molecule has 1 heterocycles. The lowest BCUT2D eigenvalue weighted by molar-refractivity contribution is -0.122. The highest BCUT2D eigenvalue weighted by Crippen LogP contribution is 2.37. The van der Waals surface area contributed by atoms with Crippen LogP contribution in [0.2, 0.25) is 5.02 Å². The molecule has 2 aromatic carbocycles. The number of rotatable bonds is 6. The molecule has 10 heteroatoms. The van der Waals surface area contributed by atoms with Gasteiger partial charge in [0.05, 0.1) is 37.1 Å². The van der Waals surface area contributed by atoms with Crippen molar-refractivity contribution < 1.29 is 33.4 Å². The van der Waals surface area contributed by atoms with E-state index in [-0.39, 0.29) is 21.8 Å². The number of amides is 4. The molecule has 0 unspecified atom stereocenters. The van der Waals surface area contributed by atoms with Gasteiger partial charge in [0.25, 0.3) is 11.8 Å². The summed E-state index contributed by atoms with van der Waals surface area (Å²) in [6.45, 7) is 2.13. The Hall–Kier alpha value is -3.85. The minimum absolute atomic E-state index is 0.168.